The Morgan fingerprint density at radius 2 is 2.00 bits per heavy atom. The average molecular weight is 298 g/mol. The minimum Gasteiger partial charge on any atom is -0.504 e. The molecular weight excluding hydrogens is 280 g/mol. The molecule has 5 heteroatoms. The normalized spacial score (nSPS) is 19.3. The number of rotatable bonds is 4. The highest BCUT2D eigenvalue weighted by atomic mass is 16.5. The van der Waals surface area contributed by atoms with Gasteiger partial charge in [0.25, 0.3) is 0 Å². The van der Waals surface area contributed by atoms with Crippen LogP contribution in [0.2, 0.25) is 0 Å². The van der Waals surface area contributed by atoms with Crippen molar-refractivity contribution in [3.63, 3.8) is 0 Å². The zero-order valence-electron chi connectivity index (χ0n) is 12.2. The van der Waals surface area contributed by atoms with Gasteiger partial charge in [0, 0.05) is 23.7 Å². The first-order valence-corrected chi connectivity index (χ1v) is 7.17. The summed E-state index contributed by atoms with van der Waals surface area (Å²) in [6.45, 7) is 0. The second-order valence-electron chi connectivity index (χ2n) is 5.34. The Kier molecular flexibility index (Phi) is 3.87. The monoisotopic (exact) mass is 298 g/mol. The first kappa shape index (κ1) is 14.3. The summed E-state index contributed by atoms with van der Waals surface area (Å²) in [7, 11) is 1.48. The van der Waals surface area contributed by atoms with Crippen molar-refractivity contribution in [2.45, 2.75) is 18.4 Å². The average Bonchev–Trinajstić information content (AvgIpc) is 3.27. The van der Waals surface area contributed by atoms with Gasteiger partial charge in [-0.1, -0.05) is 30.3 Å². The first-order valence-electron chi connectivity index (χ1n) is 7.17. The van der Waals surface area contributed by atoms with Gasteiger partial charge in [0.05, 0.1) is 7.11 Å². The fourth-order valence-electron chi connectivity index (χ4n) is 2.53. The summed E-state index contributed by atoms with van der Waals surface area (Å²) in [5, 5.41) is 15.3. The third-order valence-electron chi connectivity index (χ3n) is 3.77. The molecule has 5 nitrogen and oxygen atoms in total. The zero-order valence-corrected chi connectivity index (χ0v) is 12.2. The highest BCUT2D eigenvalue weighted by Gasteiger charge is 2.39. The molecule has 114 valence electrons. The van der Waals surface area contributed by atoms with Gasteiger partial charge >= 0.3 is 6.03 Å². The number of ether oxygens (including phenoxy) is 1. The number of anilines is 1. The Balaban J connectivity index is 1.55. The lowest BCUT2D eigenvalue weighted by molar-refractivity contribution is 0.251. The van der Waals surface area contributed by atoms with Crippen molar-refractivity contribution in [2.24, 2.45) is 0 Å². The largest absolute Gasteiger partial charge is 0.504 e. The van der Waals surface area contributed by atoms with Gasteiger partial charge in [-0.2, -0.15) is 0 Å². The van der Waals surface area contributed by atoms with E-state index in [-0.39, 0.29) is 17.8 Å². The summed E-state index contributed by atoms with van der Waals surface area (Å²) in [5.41, 5.74) is 1.77. The summed E-state index contributed by atoms with van der Waals surface area (Å²) in [6.07, 6.45) is 0.950. The van der Waals surface area contributed by atoms with Crippen LogP contribution in [-0.2, 0) is 0 Å². The molecule has 0 heterocycles. The minimum absolute atomic E-state index is 0.00566. The molecule has 2 amide bonds. The van der Waals surface area contributed by atoms with Crippen LogP contribution in [0.25, 0.3) is 0 Å². The van der Waals surface area contributed by atoms with Crippen molar-refractivity contribution < 1.29 is 14.6 Å². The number of carbonyl (C=O) groups is 1. The molecule has 1 aliphatic rings. The van der Waals surface area contributed by atoms with Gasteiger partial charge in [-0.25, -0.2) is 4.79 Å². The van der Waals surface area contributed by atoms with Crippen LogP contribution in [0.3, 0.4) is 0 Å². The van der Waals surface area contributed by atoms with E-state index in [1.807, 2.05) is 18.2 Å². The van der Waals surface area contributed by atoms with Crippen LogP contribution in [0.1, 0.15) is 17.9 Å². The molecule has 3 N–H and O–H groups in total. The smallest absolute Gasteiger partial charge is 0.319 e. The van der Waals surface area contributed by atoms with E-state index in [1.54, 1.807) is 12.1 Å². The number of methoxy groups -OCH3 is 1. The number of amides is 2. The third-order valence-corrected chi connectivity index (χ3v) is 3.77. The van der Waals surface area contributed by atoms with Crippen LogP contribution in [0.5, 0.6) is 11.5 Å². The summed E-state index contributed by atoms with van der Waals surface area (Å²) in [4.78, 5) is 12.0. The number of phenols is 1. The van der Waals surface area contributed by atoms with Gasteiger partial charge < -0.3 is 20.5 Å². The van der Waals surface area contributed by atoms with Gasteiger partial charge in [0.2, 0.25) is 0 Å². The Morgan fingerprint density at radius 1 is 1.23 bits per heavy atom. The molecule has 1 aliphatic carbocycles. The maximum atomic E-state index is 12.0. The summed E-state index contributed by atoms with van der Waals surface area (Å²) < 4.78 is 4.96. The van der Waals surface area contributed by atoms with E-state index in [2.05, 4.69) is 22.8 Å². The number of hydrogen-bond acceptors (Lipinski definition) is 3. The van der Waals surface area contributed by atoms with Crippen LogP contribution >= 0.6 is 0 Å². The van der Waals surface area contributed by atoms with Crippen LogP contribution in [0, 0.1) is 0 Å². The Bertz CT molecular complexity index is 673. The molecule has 0 aliphatic heterocycles. The summed E-state index contributed by atoms with van der Waals surface area (Å²) >= 11 is 0. The van der Waals surface area contributed by atoms with E-state index in [0.717, 1.165) is 6.42 Å². The first-order chi connectivity index (χ1) is 10.7. The standard InChI is InChI=1S/C17H18N2O3/c1-22-16-8-7-12(9-15(16)20)18-17(21)19-14-10-13(14)11-5-3-2-4-6-11/h2-9,13-14,20H,10H2,1H3,(H2,18,19,21). The topological polar surface area (TPSA) is 70.6 Å². The van der Waals surface area contributed by atoms with Gasteiger partial charge in [-0.15, -0.1) is 0 Å². The molecule has 1 saturated carbocycles. The van der Waals surface area contributed by atoms with Gasteiger partial charge in [-0.05, 0) is 24.1 Å². The Labute approximate surface area is 128 Å². The van der Waals surface area contributed by atoms with Crippen LogP contribution < -0.4 is 15.4 Å². The predicted octanol–water partition coefficient (Wildman–Crippen LogP) is 3.08. The van der Waals surface area contributed by atoms with Crippen molar-refractivity contribution in [1.82, 2.24) is 5.32 Å². The van der Waals surface area contributed by atoms with E-state index < -0.39 is 0 Å². The number of carbonyl (C=O) groups excluding carboxylic acids is 1. The van der Waals surface area contributed by atoms with E-state index in [0.29, 0.717) is 17.4 Å². The van der Waals surface area contributed by atoms with Crippen LogP contribution in [0.15, 0.2) is 48.5 Å². The molecule has 2 aromatic carbocycles. The fraction of sp³-hybridized carbons (Fsp3) is 0.235. The third kappa shape index (κ3) is 3.14. The van der Waals surface area contributed by atoms with Gasteiger partial charge in [0.1, 0.15) is 0 Å². The van der Waals surface area contributed by atoms with Gasteiger partial charge in [0.15, 0.2) is 11.5 Å². The summed E-state index contributed by atoms with van der Waals surface area (Å²) in [6, 6.07) is 14.8. The van der Waals surface area contributed by atoms with Crippen molar-refractivity contribution in [3.8, 4) is 11.5 Å². The van der Waals surface area contributed by atoms with E-state index in [9.17, 15) is 9.90 Å². The van der Waals surface area contributed by atoms with Crippen molar-refractivity contribution >= 4 is 11.7 Å². The molecule has 22 heavy (non-hydrogen) atoms. The number of nitrogens with one attached hydrogen (secondary N) is 2. The van der Waals surface area contributed by atoms with Crippen LogP contribution in [-0.4, -0.2) is 24.3 Å². The highest BCUT2D eigenvalue weighted by molar-refractivity contribution is 5.90. The number of urea groups is 1. The second-order valence-corrected chi connectivity index (χ2v) is 5.34. The minimum atomic E-state index is -0.270. The fourth-order valence-corrected chi connectivity index (χ4v) is 2.53. The van der Waals surface area contributed by atoms with E-state index in [1.165, 1.54) is 18.7 Å². The molecule has 1 fully saturated rings. The van der Waals surface area contributed by atoms with E-state index >= 15 is 0 Å². The maximum Gasteiger partial charge on any atom is 0.319 e. The number of aromatic hydroxyl groups is 1. The lowest BCUT2D eigenvalue weighted by Gasteiger charge is -2.09. The molecule has 2 unspecified atom stereocenters. The van der Waals surface area contributed by atoms with Crippen molar-refractivity contribution in [1.29, 1.82) is 0 Å². The molecule has 3 rings (SSSR count). The van der Waals surface area contributed by atoms with Gasteiger partial charge in [-0.3, -0.25) is 0 Å². The highest BCUT2D eigenvalue weighted by Crippen LogP contribution is 2.40. The SMILES string of the molecule is COc1ccc(NC(=O)NC2CC2c2ccccc2)cc1O. The van der Waals surface area contributed by atoms with Crippen molar-refractivity contribution in [2.75, 3.05) is 12.4 Å². The lowest BCUT2D eigenvalue weighted by atomic mass is 10.1. The molecular formula is C17H18N2O3. The quantitative estimate of drug-likeness (QED) is 0.812. The van der Waals surface area contributed by atoms with E-state index in [4.69, 9.17) is 4.74 Å². The summed E-state index contributed by atoms with van der Waals surface area (Å²) in [5.74, 6) is 0.752. The molecule has 2 atom stereocenters. The molecule has 2 aromatic rings. The van der Waals surface area contributed by atoms with Crippen LogP contribution in [0.4, 0.5) is 10.5 Å². The maximum absolute atomic E-state index is 12.0. The predicted molar refractivity (Wildman–Crippen MR) is 84.4 cm³/mol. The zero-order chi connectivity index (χ0) is 15.5. The lowest BCUT2D eigenvalue weighted by Crippen LogP contribution is -2.31. The second kappa shape index (κ2) is 5.97. The number of hydrogen-bond donors (Lipinski definition) is 3. The molecule has 0 aromatic heterocycles. The number of phenolic OH excluding ortho intramolecular Hbond substituents is 1. The Hall–Kier alpha value is -2.69. The molecule has 0 saturated heterocycles. The molecule has 0 spiro atoms. The van der Waals surface area contributed by atoms with Crippen molar-refractivity contribution in [3.05, 3.63) is 54.1 Å². The molecule has 0 radical (unpaired) electrons. The Morgan fingerprint density at radius 3 is 2.68 bits per heavy atom. The molecule has 0 bridgehead atoms. The number of benzene rings is 2.